The monoisotopic (exact) mass is 331 g/mol. The summed E-state index contributed by atoms with van der Waals surface area (Å²) in [7, 11) is 5.53. The van der Waals surface area contributed by atoms with Crippen molar-refractivity contribution in [2.75, 3.05) is 34.3 Å². The average molecular weight is 331 g/mol. The molecule has 0 saturated heterocycles. The van der Waals surface area contributed by atoms with Crippen LogP contribution < -0.4 is 10.5 Å². The standard InChI is InChI=1S/C17H25N5O2/c1-11-6-7-14(24-9-5-8-21(2)3)15-12(11)10-13(20-15)16(23)22(4)17(18)19/h6-7,10,20H,5,8-9H2,1-4H3,(H3,18,19). The molecule has 0 unspecified atom stereocenters. The Kier molecular flexibility index (Phi) is 5.46. The first-order valence-corrected chi connectivity index (χ1v) is 7.83. The topological polar surface area (TPSA) is 98.4 Å². The van der Waals surface area contributed by atoms with Crippen molar-refractivity contribution in [3.63, 3.8) is 0 Å². The van der Waals surface area contributed by atoms with Gasteiger partial charge in [-0.05, 0) is 45.1 Å². The van der Waals surface area contributed by atoms with Gasteiger partial charge in [-0.15, -0.1) is 0 Å². The molecule has 0 saturated carbocycles. The van der Waals surface area contributed by atoms with Crippen molar-refractivity contribution < 1.29 is 9.53 Å². The van der Waals surface area contributed by atoms with E-state index < -0.39 is 0 Å². The lowest BCUT2D eigenvalue weighted by Gasteiger charge is -2.13. The fourth-order valence-electron chi connectivity index (χ4n) is 2.42. The first-order valence-electron chi connectivity index (χ1n) is 7.83. The van der Waals surface area contributed by atoms with E-state index in [1.54, 1.807) is 6.07 Å². The van der Waals surface area contributed by atoms with Crippen LogP contribution in [0.5, 0.6) is 5.75 Å². The fourth-order valence-corrected chi connectivity index (χ4v) is 2.42. The Morgan fingerprint density at radius 3 is 2.67 bits per heavy atom. The van der Waals surface area contributed by atoms with Crippen LogP contribution in [0.3, 0.4) is 0 Å². The largest absolute Gasteiger partial charge is 0.491 e. The van der Waals surface area contributed by atoms with Gasteiger partial charge < -0.3 is 20.4 Å². The summed E-state index contributed by atoms with van der Waals surface area (Å²) >= 11 is 0. The van der Waals surface area contributed by atoms with E-state index >= 15 is 0 Å². The van der Waals surface area contributed by atoms with E-state index in [1.165, 1.54) is 7.05 Å². The zero-order valence-electron chi connectivity index (χ0n) is 14.6. The Hall–Kier alpha value is -2.54. The molecule has 7 nitrogen and oxygen atoms in total. The quantitative estimate of drug-likeness (QED) is 0.427. The predicted octanol–water partition coefficient (Wildman–Crippen LogP) is 1.77. The molecular weight excluding hydrogens is 306 g/mol. The Bertz CT molecular complexity index is 751. The summed E-state index contributed by atoms with van der Waals surface area (Å²) in [5.41, 5.74) is 7.60. The highest BCUT2D eigenvalue weighted by Gasteiger charge is 2.18. The van der Waals surface area contributed by atoms with Gasteiger partial charge in [0.15, 0.2) is 5.96 Å². The molecule has 0 atom stereocenters. The molecule has 1 amide bonds. The summed E-state index contributed by atoms with van der Waals surface area (Å²) in [5.74, 6) is 0.0751. The van der Waals surface area contributed by atoms with Crippen molar-refractivity contribution in [1.29, 1.82) is 5.41 Å². The number of amides is 1. The van der Waals surface area contributed by atoms with Crippen LogP contribution >= 0.6 is 0 Å². The third-order valence-electron chi connectivity index (χ3n) is 3.88. The molecule has 1 aromatic heterocycles. The Balaban J connectivity index is 2.26. The normalized spacial score (nSPS) is 11.0. The van der Waals surface area contributed by atoms with Crippen LogP contribution in [0.1, 0.15) is 22.5 Å². The number of fused-ring (bicyclic) bond motifs is 1. The summed E-state index contributed by atoms with van der Waals surface area (Å²) in [5, 5.41) is 8.32. The minimum absolute atomic E-state index is 0.296. The Morgan fingerprint density at radius 1 is 1.33 bits per heavy atom. The van der Waals surface area contributed by atoms with E-state index in [4.69, 9.17) is 15.9 Å². The van der Waals surface area contributed by atoms with Gasteiger partial charge in [-0.3, -0.25) is 15.1 Å². The minimum atomic E-state index is -0.350. The van der Waals surface area contributed by atoms with E-state index in [1.807, 2.05) is 33.2 Å². The number of carbonyl (C=O) groups is 1. The molecule has 130 valence electrons. The average Bonchev–Trinajstić information content (AvgIpc) is 2.97. The number of H-pyrrole nitrogens is 1. The van der Waals surface area contributed by atoms with Gasteiger partial charge in [0.25, 0.3) is 5.91 Å². The molecule has 24 heavy (non-hydrogen) atoms. The third kappa shape index (κ3) is 3.86. The molecule has 1 heterocycles. The fraction of sp³-hybridized carbons (Fsp3) is 0.412. The van der Waals surface area contributed by atoms with Gasteiger partial charge in [0.2, 0.25) is 0 Å². The van der Waals surface area contributed by atoms with E-state index in [0.29, 0.717) is 12.3 Å². The van der Waals surface area contributed by atoms with Gasteiger partial charge in [-0.2, -0.15) is 0 Å². The third-order valence-corrected chi connectivity index (χ3v) is 3.88. The van der Waals surface area contributed by atoms with Crippen LogP contribution in [0.25, 0.3) is 10.9 Å². The molecule has 0 radical (unpaired) electrons. The lowest BCUT2D eigenvalue weighted by molar-refractivity contribution is 0.0864. The van der Waals surface area contributed by atoms with E-state index in [9.17, 15) is 4.79 Å². The highest BCUT2D eigenvalue weighted by molar-refractivity contribution is 6.06. The van der Waals surface area contributed by atoms with Gasteiger partial charge in [-0.1, -0.05) is 6.07 Å². The van der Waals surface area contributed by atoms with Gasteiger partial charge >= 0.3 is 0 Å². The summed E-state index contributed by atoms with van der Waals surface area (Å²) in [6.07, 6.45) is 0.919. The van der Waals surface area contributed by atoms with Gasteiger partial charge in [0.1, 0.15) is 11.4 Å². The highest BCUT2D eigenvalue weighted by Crippen LogP contribution is 2.29. The zero-order valence-corrected chi connectivity index (χ0v) is 14.6. The summed E-state index contributed by atoms with van der Waals surface area (Å²) in [4.78, 5) is 18.7. The Labute approximate surface area is 141 Å². The van der Waals surface area contributed by atoms with Crippen LogP contribution in [0, 0.1) is 12.3 Å². The number of hydrogen-bond donors (Lipinski definition) is 3. The number of nitrogens with zero attached hydrogens (tertiary/aromatic N) is 2. The number of benzene rings is 1. The first-order chi connectivity index (χ1) is 11.3. The van der Waals surface area contributed by atoms with Gasteiger partial charge in [-0.25, -0.2) is 0 Å². The molecule has 0 aliphatic carbocycles. The molecule has 0 spiro atoms. The number of aromatic amines is 1. The maximum atomic E-state index is 12.3. The highest BCUT2D eigenvalue weighted by atomic mass is 16.5. The van der Waals surface area contributed by atoms with Crippen LogP contribution in [0.2, 0.25) is 0 Å². The lowest BCUT2D eigenvalue weighted by Crippen LogP contribution is -2.38. The molecule has 0 bridgehead atoms. The lowest BCUT2D eigenvalue weighted by atomic mass is 10.1. The number of ether oxygens (including phenoxy) is 1. The summed E-state index contributed by atoms with van der Waals surface area (Å²) < 4.78 is 5.88. The van der Waals surface area contributed by atoms with Crippen molar-refractivity contribution in [1.82, 2.24) is 14.8 Å². The Morgan fingerprint density at radius 2 is 2.04 bits per heavy atom. The molecule has 0 aliphatic rings. The van der Waals surface area contributed by atoms with Gasteiger partial charge in [0, 0.05) is 19.0 Å². The van der Waals surface area contributed by atoms with Crippen molar-refractivity contribution in [2.24, 2.45) is 5.73 Å². The number of hydrogen-bond acceptors (Lipinski definition) is 4. The number of guanidine groups is 1. The van der Waals surface area contributed by atoms with E-state index in [0.717, 1.165) is 40.1 Å². The molecular formula is C17H25N5O2. The SMILES string of the molecule is Cc1ccc(OCCCN(C)C)c2[nH]c(C(=O)N(C)C(=N)N)cc12. The molecule has 2 rings (SSSR count). The smallest absolute Gasteiger partial charge is 0.276 e. The summed E-state index contributed by atoms with van der Waals surface area (Å²) in [6, 6.07) is 5.66. The molecule has 7 heteroatoms. The number of nitrogens with one attached hydrogen (secondary N) is 2. The van der Waals surface area contributed by atoms with E-state index in [-0.39, 0.29) is 11.9 Å². The van der Waals surface area contributed by atoms with Crippen molar-refractivity contribution in [3.05, 3.63) is 29.5 Å². The second kappa shape index (κ2) is 7.35. The molecule has 0 fully saturated rings. The van der Waals surface area contributed by atoms with Gasteiger partial charge in [0.05, 0.1) is 12.1 Å². The number of nitrogens with two attached hydrogens (primary N) is 1. The second-order valence-electron chi connectivity index (χ2n) is 6.11. The predicted molar refractivity (Wildman–Crippen MR) is 95.7 cm³/mol. The van der Waals surface area contributed by atoms with Crippen molar-refractivity contribution in [3.8, 4) is 5.75 Å². The van der Waals surface area contributed by atoms with E-state index in [2.05, 4.69) is 9.88 Å². The second-order valence-corrected chi connectivity index (χ2v) is 6.11. The van der Waals surface area contributed by atoms with Crippen LogP contribution in [0.4, 0.5) is 0 Å². The zero-order chi connectivity index (χ0) is 17.9. The number of carbonyl (C=O) groups excluding carboxylic acids is 1. The number of aromatic nitrogens is 1. The molecule has 0 aliphatic heterocycles. The van der Waals surface area contributed by atoms with Crippen LogP contribution in [-0.2, 0) is 0 Å². The number of aryl methyl sites for hydroxylation is 1. The van der Waals surface area contributed by atoms with Crippen LogP contribution in [0.15, 0.2) is 18.2 Å². The summed E-state index contributed by atoms with van der Waals surface area (Å²) in [6.45, 7) is 3.54. The maximum Gasteiger partial charge on any atom is 0.276 e. The van der Waals surface area contributed by atoms with Crippen molar-refractivity contribution >= 4 is 22.8 Å². The molecule has 1 aromatic carbocycles. The molecule has 2 aromatic rings. The van der Waals surface area contributed by atoms with Crippen molar-refractivity contribution in [2.45, 2.75) is 13.3 Å². The minimum Gasteiger partial charge on any atom is -0.491 e. The number of rotatable bonds is 6. The van der Waals surface area contributed by atoms with Crippen LogP contribution in [-0.4, -0.2) is 60.9 Å². The molecule has 4 N–H and O–H groups in total. The maximum absolute atomic E-state index is 12.3. The first kappa shape index (κ1) is 17.8.